The fraction of sp³-hybridized carbons (Fsp3) is 0.692. The fourth-order valence-corrected chi connectivity index (χ4v) is 3.27. The van der Waals surface area contributed by atoms with Gasteiger partial charge in [0, 0.05) is 30.7 Å². The van der Waals surface area contributed by atoms with Gasteiger partial charge in [0.05, 0.1) is 13.2 Å². The van der Waals surface area contributed by atoms with Crippen LogP contribution in [0, 0.1) is 6.92 Å². The second kappa shape index (κ2) is 6.59. The summed E-state index contributed by atoms with van der Waals surface area (Å²) in [6, 6.07) is 0. The van der Waals surface area contributed by atoms with Crippen molar-refractivity contribution < 1.29 is 4.74 Å². The molecule has 114 valence electrons. The van der Waals surface area contributed by atoms with E-state index in [-0.39, 0.29) is 6.10 Å². The monoisotopic (exact) mass is 308 g/mol. The van der Waals surface area contributed by atoms with Gasteiger partial charge in [0.1, 0.15) is 11.1 Å². The Morgan fingerprint density at radius 2 is 2.38 bits per heavy atom. The Bertz CT molecular complexity index is 583. The highest BCUT2D eigenvalue weighted by Crippen LogP contribution is 2.25. The van der Waals surface area contributed by atoms with Crippen LogP contribution >= 0.6 is 11.3 Å². The normalized spacial score (nSPS) is 20.0. The Morgan fingerprint density at radius 3 is 3.14 bits per heavy atom. The zero-order chi connectivity index (χ0) is 14.7. The van der Waals surface area contributed by atoms with Gasteiger partial charge in [-0.25, -0.2) is 9.67 Å². The maximum Gasteiger partial charge on any atom is 0.165 e. The van der Waals surface area contributed by atoms with E-state index in [0.717, 1.165) is 55.7 Å². The van der Waals surface area contributed by atoms with Crippen molar-refractivity contribution in [1.29, 1.82) is 0 Å². The number of rotatable bonds is 5. The number of morpholine rings is 1. The molecule has 0 aliphatic carbocycles. The van der Waals surface area contributed by atoms with E-state index in [2.05, 4.69) is 37.7 Å². The Morgan fingerprint density at radius 1 is 1.48 bits per heavy atom. The summed E-state index contributed by atoms with van der Waals surface area (Å²) in [5.41, 5.74) is 1.06. The highest BCUT2D eigenvalue weighted by molar-refractivity contribution is 7.09. The molecule has 0 radical (unpaired) electrons. The van der Waals surface area contributed by atoms with Gasteiger partial charge < -0.3 is 4.74 Å². The lowest BCUT2D eigenvalue weighted by atomic mass is 10.2. The third-order valence-electron chi connectivity index (χ3n) is 3.47. The van der Waals surface area contributed by atoms with Crippen LogP contribution in [0.25, 0.3) is 0 Å². The van der Waals surface area contributed by atoms with Gasteiger partial charge in [0.2, 0.25) is 0 Å². The summed E-state index contributed by atoms with van der Waals surface area (Å²) in [5, 5.41) is 15.1. The van der Waals surface area contributed by atoms with Crippen molar-refractivity contribution in [2.24, 2.45) is 0 Å². The molecule has 0 amide bonds. The molecule has 8 heteroatoms. The standard InChI is InChI=1S/C13H20N6OS/c1-3-4-19-12(15-16-17-19)8-18-5-6-20-11(7-18)13-14-10(2)9-21-13/h9,11H,3-8H2,1-2H3/t11-/m1/s1. The van der Waals surface area contributed by atoms with E-state index in [1.165, 1.54) is 0 Å². The predicted molar refractivity (Wildman–Crippen MR) is 78.9 cm³/mol. The molecule has 2 aromatic rings. The summed E-state index contributed by atoms with van der Waals surface area (Å²) >= 11 is 1.67. The zero-order valence-corrected chi connectivity index (χ0v) is 13.2. The number of aromatic nitrogens is 5. The molecule has 2 aromatic heterocycles. The third kappa shape index (κ3) is 3.45. The predicted octanol–water partition coefficient (Wildman–Crippen LogP) is 1.42. The van der Waals surface area contributed by atoms with E-state index >= 15 is 0 Å². The van der Waals surface area contributed by atoms with E-state index in [9.17, 15) is 0 Å². The molecule has 1 fully saturated rings. The van der Waals surface area contributed by atoms with Crippen LogP contribution in [-0.4, -0.2) is 49.8 Å². The van der Waals surface area contributed by atoms with Crippen LogP contribution in [0.4, 0.5) is 0 Å². The van der Waals surface area contributed by atoms with Crippen LogP contribution in [0.5, 0.6) is 0 Å². The fourth-order valence-electron chi connectivity index (χ4n) is 2.44. The Labute approximate surface area is 127 Å². The molecular formula is C13H20N6OS. The largest absolute Gasteiger partial charge is 0.368 e. The third-order valence-corrected chi connectivity index (χ3v) is 4.52. The molecule has 3 heterocycles. The molecule has 1 aliphatic rings. The van der Waals surface area contributed by atoms with Crippen LogP contribution in [0.15, 0.2) is 5.38 Å². The molecule has 21 heavy (non-hydrogen) atoms. The van der Waals surface area contributed by atoms with Gasteiger partial charge in [-0.2, -0.15) is 0 Å². The first kappa shape index (κ1) is 14.6. The van der Waals surface area contributed by atoms with E-state index in [1.54, 1.807) is 11.3 Å². The zero-order valence-electron chi connectivity index (χ0n) is 12.4. The maximum absolute atomic E-state index is 5.85. The van der Waals surface area contributed by atoms with Gasteiger partial charge in [-0.05, 0) is 23.8 Å². The Kier molecular flexibility index (Phi) is 4.57. The number of thiazole rings is 1. The van der Waals surface area contributed by atoms with Crippen molar-refractivity contribution in [2.75, 3.05) is 19.7 Å². The van der Waals surface area contributed by atoms with Crippen LogP contribution in [0.1, 0.15) is 36.0 Å². The molecule has 1 atom stereocenters. The minimum atomic E-state index is 0.0629. The summed E-state index contributed by atoms with van der Waals surface area (Å²) < 4.78 is 7.74. The Hall–Kier alpha value is -1.38. The van der Waals surface area contributed by atoms with Crippen LogP contribution < -0.4 is 0 Å². The van der Waals surface area contributed by atoms with Crippen molar-refractivity contribution in [1.82, 2.24) is 30.1 Å². The van der Waals surface area contributed by atoms with Gasteiger partial charge in [0.25, 0.3) is 0 Å². The van der Waals surface area contributed by atoms with Gasteiger partial charge >= 0.3 is 0 Å². The molecule has 0 bridgehead atoms. The number of tetrazole rings is 1. The van der Waals surface area contributed by atoms with Crippen molar-refractivity contribution >= 4 is 11.3 Å². The summed E-state index contributed by atoms with van der Waals surface area (Å²) in [6.45, 7) is 8.23. The molecule has 0 N–H and O–H groups in total. The first-order chi connectivity index (χ1) is 10.3. The lowest BCUT2D eigenvalue weighted by Crippen LogP contribution is -2.38. The van der Waals surface area contributed by atoms with Crippen LogP contribution in [-0.2, 0) is 17.8 Å². The quantitative estimate of drug-likeness (QED) is 0.832. The number of aryl methyl sites for hydroxylation is 2. The van der Waals surface area contributed by atoms with Gasteiger partial charge in [-0.3, -0.25) is 4.90 Å². The van der Waals surface area contributed by atoms with E-state index in [4.69, 9.17) is 4.74 Å². The van der Waals surface area contributed by atoms with Crippen LogP contribution in [0.2, 0.25) is 0 Å². The molecule has 0 unspecified atom stereocenters. The molecule has 0 saturated carbocycles. The molecule has 1 aliphatic heterocycles. The lowest BCUT2D eigenvalue weighted by molar-refractivity contribution is -0.0341. The van der Waals surface area contributed by atoms with Crippen molar-refractivity contribution in [3.05, 3.63) is 21.9 Å². The molecular weight excluding hydrogens is 288 g/mol. The Balaban J connectivity index is 1.64. The van der Waals surface area contributed by atoms with Crippen molar-refractivity contribution in [3.8, 4) is 0 Å². The minimum absolute atomic E-state index is 0.0629. The first-order valence-corrected chi connectivity index (χ1v) is 8.15. The summed E-state index contributed by atoms with van der Waals surface area (Å²) in [6.07, 6.45) is 1.09. The topological polar surface area (TPSA) is 69.0 Å². The summed E-state index contributed by atoms with van der Waals surface area (Å²) in [5.74, 6) is 0.924. The average molecular weight is 308 g/mol. The smallest absolute Gasteiger partial charge is 0.165 e. The second-order valence-corrected chi connectivity index (χ2v) is 6.13. The molecule has 1 saturated heterocycles. The van der Waals surface area contributed by atoms with Gasteiger partial charge in [-0.1, -0.05) is 6.92 Å². The second-order valence-electron chi connectivity index (χ2n) is 5.24. The minimum Gasteiger partial charge on any atom is -0.368 e. The van der Waals surface area contributed by atoms with E-state index in [0.29, 0.717) is 0 Å². The SMILES string of the molecule is CCCn1nnnc1CN1CCO[C@@H](c2nc(C)cs2)C1. The highest BCUT2D eigenvalue weighted by Gasteiger charge is 2.25. The average Bonchev–Trinajstić information content (AvgIpc) is 3.10. The van der Waals surface area contributed by atoms with Gasteiger partial charge in [0.15, 0.2) is 5.82 Å². The molecule has 0 aromatic carbocycles. The lowest BCUT2D eigenvalue weighted by Gasteiger charge is -2.31. The number of nitrogens with zero attached hydrogens (tertiary/aromatic N) is 6. The highest BCUT2D eigenvalue weighted by atomic mass is 32.1. The summed E-state index contributed by atoms with van der Waals surface area (Å²) in [7, 11) is 0. The van der Waals surface area contributed by atoms with Crippen LogP contribution in [0.3, 0.4) is 0 Å². The van der Waals surface area contributed by atoms with Crippen molar-refractivity contribution in [2.45, 2.75) is 39.5 Å². The van der Waals surface area contributed by atoms with Crippen molar-refractivity contribution in [3.63, 3.8) is 0 Å². The number of hydrogen-bond acceptors (Lipinski definition) is 7. The number of ether oxygens (including phenoxy) is 1. The maximum atomic E-state index is 5.85. The summed E-state index contributed by atoms with van der Waals surface area (Å²) in [4.78, 5) is 6.87. The van der Waals surface area contributed by atoms with Gasteiger partial charge in [-0.15, -0.1) is 16.4 Å². The first-order valence-electron chi connectivity index (χ1n) is 7.27. The molecule has 0 spiro atoms. The van der Waals surface area contributed by atoms with E-state index in [1.807, 2.05) is 11.6 Å². The molecule has 3 rings (SSSR count). The van der Waals surface area contributed by atoms with E-state index < -0.39 is 0 Å². The number of hydrogen-bond donors (Lipinski definition) is 0. The molecule has 7 nitrogen and oxygen atoms in total.